The lowest BCUT2D eigenvalue weighted by Crippen LogP contribution is -2.52. The number of fused-ring (bicyclic) bond motifs is 2. The zero-order valence-corrected chi connectivity index (χ0v) is 15.3. The van der Waals surface area contributed by atoms with E-state index in [4.69, 9.17) is 4.74 Å². The summed E-state index contributed by atoms with van der Waals surface area (Å²) >= 11 is 0. The highest BCUT2D eigenvalue weighted by atomic mass is 16.5. The number of rotatable bonds is 5. The van der Waals surface area contributed by atoms with Crippen molar-refractivity contribution in [3.05, 3.63) is 65.7 Å². The maximum atomic E-state index is 13.1. The molecule has 1 aliphatic carbocycles. The van der Waals surface area contributed by atoms with Gasteiger partial charge in [-0.1, -0.05) is 55.5 Å². The van der Waals surface area contributed by atoms with Gasteiger partial charge in [0.2, 0.25) is 5.91 Å². The van der Waals surface area contributed by atoms with Crippen molar-refractivity contribution in [3.63, 3.8) is 0 Å². The van der Waals surface area contributed by atoms with E-state index >= 15 is 0 Å². The smallest absolute Gasteiger partial charge is 0.334 e. The summed E-state index contributed by atoms with van der Waals surface area (Å²) in [6.45, 7) is 2.37. The second kappa shape index (κ2) is 6.41. The van der Waals surface area contributed by atoms with Gasteiger partial charge in [0.15, 0.2) is 5.54 Å². The first kappa shape index (κ1) is 17.6. The number of carbonyl (C=O) groups is 2. The summed E-state index contributed by atoms with van der Waals surface area (Å²) in [7, 11) is 0. The summed E-state index contributed by atoms with van der Waals surface area (Å²) < 4.78 is 5.73. The Morgan fingerprint density at radius 2 is 1.89 bits per heavy atom. The Bertz CT molecular complexity index is 881. The van der Waals surface area contributed by atoms with E-state index in [0.29, 0.717) is 12.2 Å². The van der Waals surface area contributed by atoms with Crippen molar-refractivity contribution in [2.45, 2.75) is 37.1 Å². The molecular formula is C22H23NO4. The molecule has 5 heteroatoms. The van der Waals surface area contributed by atoms with Gasteiger partial charge in [-0.2, -0.15) is 0 Å². The minimum absolute atomic E-state index is 0.195. The Morgan fingerprint density at radius 1 is 1.19 bits per heavy atom. The van der Waals surface area contributed by atoms with E-state index in [9.17, 15) is 14.7 Å². The highest BCUT2D eigenvalue weighted by Crippen LogP contribution is 2.60. The molecule has 1 fully saturated rings. The summed E-state index contributed by atoms with van der Waals surface area (Å²) in [4.78, 5) is 25.3. The fourth-order valence-corrected chi connectivity index (χ4v) is 4.42. The first-order valence-corrected chi connectivity index (χ1v) is 9.37. The van der Waals surface area contributed by atoms with Gasteiger partial charge in [-0.3, -0.25) is 4.79 Å². The van der Waals surface area contributed by atoms with Crippen LogP contribution in [0.4, 0.5) is 0 Å². The second-order valence-corrected chi connectivity index (χ2v) is 7.43. The second-order valence-electron chi connectivity index (χ2n) is 7.43. The lowest BCUT2D eigenvalue weighted by molar-refractivity contribution is -0.148. The monoisotopic (exact) mass is 365 g/mol. The largest absolute Gasteiger partial charge is 0.493 e. The van der Waals surface area contributed by atoms with E-state index in [0.717, 1.165) is 24.2 Å². The molecule has 1 heterocycles. The number of nitrogens with one attached hydrogen (secondary N) is 1. The van der Waals surface area contributed by atoms with Crippen LogP contribution in [-0.2, 0) is 20.5 Å². The van der Waals surface area contributed by atoms with Gasteiger partial charge in [-0.05, 0) is 30.9 Å². The van der Waals surface area contributed by atoms with Crippen molar-refractivity contribution < 1.29 is 19.4 Å². The molecule has 0 aromatic heterocycles. The molecule has 5 nitrogen and oxygen atoms in total. The number of carbonyl (C=O) groups excluding carboxylic acids is 1. The van der Waals surface area contributed by atoms with Crippen LogP contribution in [0.25, 0.3) is 0 Å². The maximum absolute atomic E-state index is 13.1. The summed E-state index contributed by atoms with van der Waals surface area (Å²) in [5, 5.41) is 12.8. The Morgan fingerprint density at radius 3 is 2.59 bits per heavy atom. The van der Waals surface area contributed by atoms with Gasteiger partial charge in [0.1, 0.15) is 5.75 Å². The Kier molecular flexibility index (Phi) is 4.17. The molecule has 1 spiro atoms. The summed E-state index contributed by atoms with van der Waals surface area (Å²) in [6, 6.07) is 16.8. The minimum atomic E-state index is -1.41. The molecule has 2 aliphatic rings. The van der Waals surface area contributed by atoms with Gasteiger partial charge in [0.05, 0.1) is 6.61 Å². The molecular weight excluding hydrogens is 342 g/mol. The van der Waals surface area contributed by atoms with Gasteiger partial charge in [-0.25, -0.2) is 4.79 Å². The van der Waals surface area contributed by atoms with Crippen molar-refractivity contribution in [3.8, 4) is 5.75 Å². The van der Waals surface area contributed by atoms with Crippen LogP contribution < -0.4 is 10.1 Å². The maximum Gasteiger partial charge on any atom is 0.334 e. The topological polar surface area (TPSA) is 75.6 Å². The fourth-order valence-electron chi connectivity index (χ4n) is 4.42. The van der Waals surface area contributed by atoms with Crippen molar-refractivity contribution in [2.24, 2.45) is 5.92 Å². The zero-order chi connectivity index (χ0) is 19.1. The van der Waals surface area contributed by atoms with Crippen LogP contribution in [0.5, 0.6) is 5.75 Å². The Balaban J connectivity index is 1.62. The molecule has 0 radical (unpaired) electrons. The molecule has 1 saturated carbocycles. The predicted octanol–water partition coefficient (Wildman–Crippen LogP) is 3.23. The third-order valence-corrected chi connectivity index (χ3v) is 6.12. The number of amides is 1. The summed E-state index contributed by atoms with van der Waals surface area (Å²) in [5.74, 6) is -0.620. The van der Waals surface area contributed by atoms with E-state index in [1.165, 1.54) is 0 Å². The first-order chi connectivity index (χ1) is 13.0. The van der Waals surface area contributed by atoms with Gasteiger partial charge in [-0.15, -0.1) is 0 Å². The van der Waals surface area contributed by atoms with Crippen molar-refractivity contribution in [2.75, 3.05) is 6.61 Å². The third kappa shape index (κ3) is 2.69. The van der Waals surface area contributed by atoms with Crippen LogP contribution in [-0.4, -0.2) is 23.6 Å². The van der Waals surface area contributed by atoms with Gasteiger partial charge >= 0.3 is 5.97 Å². The van der Waals surface area contributed by atoms with E-state index < -0.39 is 11.5 Å². The molecule has 2 N–H and O–H groups in total. The van der Waals surface area contributed by atoms with Crippen LogP contribution in [0.2, 0.25) is 0 Å². The van der Waals surface area contributed by atoms with Crippen LogP contribution in [0.3, 0.4) is 0 Å². The van der Waals surface area contributed by atoms with E-state index in [-0.39, 0.29) is 23.7 Å². The minimum Gasteiger partial charge on any atom is -0.493 e. The number of hydrogen-bond acceptors (Lipinski definition) is 3. The third-order valence-electron chi connectivity index (χ3n) is 6.12. The van der Waals surface area contributed by atoms with Gasteiger partial charge in [0.25, 0.3) is 0 Å². The number of benzene rings is 2. The molecule has 4 rings (SSSR count). The number of aliphatic carboxylic acids is 1. The van der Waals surface area contributed by atoms with Crippen LogP contribution >= 0.6 is 0 Å². The number of para-hydroxylation sites is 1. The molecule has 1 aliphatic heterocycles. The molecule has 0 saturated heterocycles. The molecule has 3 atom stereocenters. The van der Waals surface area contributed by atoms with E-state index in [1.807, 2.05) is 30.3 Å². The van der Waals surface area contributed by atoms with Crippen molar-refractivity contribution in [1.29, 1.82) is 0 Å². The molecule has 140 valence electrons. The lowest BCUT2D eigenvalue weighted by Gasteiger charge is -2.31. The number of carboxylic acid groups (broad SMARTS) is 1. The molecule has 0 bridgehead atoms. The van der Waals surface area contributed by atoms with Crippen molar-refractivity contribution >= 4 is 11.9 Å². The Labute approximate surface area is 158 Å². The molecule has 2 aromatic rings. The van der Waals surface area contributed by atoms with Crippen molar-refractivity contribution in [1.82, 2.24) is 5.32 Å². The van der Waals surface area contributed by atoms with E-state index in [2.05, 4.69) is 5.32 Å². The molecule has 2 aromatic carbocycles. The predicted molar refractivity (Wildman–Crippen MR) is 101 cm³/mol. The number of ether oxygens (including phenoxy) is 1. The highest BCUT2D eigenvalue weighted by Gasteiger charge is 2.62. The average molecular weight is 365 g/mol. The van der Waals surface area contributed by atoms with Gasteiger partial charge in [0, 0.05) is 16.9 Å². The normalized spacial score (nSPS) is 25.0. The quantitative estimate of drug-likeness (QED) is 0.853. The average Bonchev–Trinajstić information content (AvgIpc) is 3.41. The summed E-state index contributed by atoms with van der Waals surface area (Å²) in [6.07, 6.45) is 1.78. The lowest BCUT2D eigenvalue weighted by atomic mass is 9.85. The van der Waals surface area contributed by atoms with E-state index in [1.54, 1.807) is 31.2 Å². The SMILES string of the molecule is CCC(NC(=O)[C@@H]1C[C@]12CCOc1ccccc12)(C(=O)O)c1ccccc1. The molecule has 1 amide bonds. The highest BCUT2D eigenvalue weighted by molar-refractivity contribution is 5.91. The van der Waals surface area contributed by atoms with Crippen LogP contribution in [0.1, 0.15) is 37.3 Å². The number of hydrogen-bond donors (Lipinski definition) is 2. The summed E-state index contributed by atoms with van der Waals surface area (Å²) in [5.41, 5.74) is 0.0180. The fraction of sp³-hybridized carbons (Fsp3) is 0.364. The Hall–Kier alpha value is -2.82. The molecule has 27 heavy (non-hydrogen) atoms. The molecule has 1 unspecified atom stereocenters. The van der Waals surface area contributed by atoms with Crippen LogP contribution in [0, 0.1) is 5.92 Å². The standard InChI is InChI=1S/C22H23NO4/c1-2-22(20(25)26,15-8-4-3-5-9-15)23-19(24)17-14-21(17)12-13-27-18-11-7-6-10-16(18)21/h3-11,17H,2,12-14H2,1H3,(H,23,24)(H,25,26)/t17-,21-,22?/m0/s1. The van der Waals surface area contributed by atoms with Crippen LogP contribution in [0.15, 0.2) is 54.6 Å². The number of carboxylic acids is 1. The first-order valence-electron chi connectivity index (χ1n) is 9.37. The van der Waals surface area contributed by atoms with Gasteiger partial charge < -0.3 is 15.2 Å². The zero-order valence-electron chi connectivity index (χ0n) is 15.3.